The number of ether oxygens (including phenoxy) is 1. The van der Waals surface area contributed by atoms with Gasteiger partial charge in [0.15, 0.2) is 0 Å². The first-order valence-corrected chi connectivity index (χ1v) is 15.6. The predicted molar refractivity (Wildman–Crippen MR) is 159 cm³/mol. The van der Waals surface area contributed by atoms with Gasteiger partial charge in [-0.05, 0) is 49.1 Å². The standard InChI is InChI=1S/C22H26ClFN4O4S.C8H10/c1-32-20-6-5-17(33(30,31)28-7-3-2-4-8-28)14-19(20)26-9-11-27(12-10-26)22(29)21-18(23)13-16(24)15-25-21;1-2-8-6-4-3-5-7-8/h5-6,13-15H,2-4,7-12H2,1H3;3-7H,2H2,1H3. The Bertz CT molecular complexity index is 1430. The molecule has 220 valence electrons. The molecule has 0 radical (unpaired) electrons. The van der Waals surface area contributed by atoms with Crippen LogP contribution in [0.2, 0.25) is 5.02 Å². The molecule has 0 aliphatic carbocycles. The molecule has 8 nitrogen and oxygen atoms in total. The lowest BCUT2D eigenvalue weighted by Crippen LogP contribution is -2.49. The van der Waals surface area contributed by atoms with E-state index in [1.807, 2.05) is 11.0 Å². The Hall–Kier alpha value is -3.21. The molecule has 41 heavy (non-hydrogen) atoms. The Morgan fingerprint density at radius 1 is 0.976 bits per heavy atom. The maximum absolute atomic E-state index is 13.3. The van der Waals surface area contributed by atoms with Crippen molar-refractivity contribution in [2.75, 3.05) is 51.3 Å². The van der Waals surface area contributed by atoms with Gasteiger partial charge in [0.1, 0.15) is 17.3 Å². The zero-order valence-electron chi connectivity index (χ0n) is 23.4. The third kappa shape index (κ3) is 7.55. The minimum Gasteiger partial charge on any atom is -0.495 e. The molecule has 0 bridgehead atoms. The molecule has 2 saturated heterocycles. The number of nitrogens with zero attached hydrogens (tertiary/aromatic N) is 4. The molecule has 0 spiro atoms. The molecule has 3 aromatic rings. The third-order valence-electron chi connectivity index (χ3n) is 7.27. The van der Waals surface area contributed by atoms with Crippen LogP contribution in [-0.4, -0.2) is 74.9 Å². The lowest BCUT2D eigenvalue weighted by atomic mass is 10.2. The monoisotopic (exact) mass is 602 g/mol. The fourth-order valence-corrected chi connectivity index (χ4v) is 6.69. The molecule has 2 aromatic carbocycles. The zero-order valence-corrected chi connectivity index (χ0v) is 25.0. The molecular weight excluding hydrogens is 567 g/mol. The van der Waals surface area contributed by atoms with Crippen molar-refractivity contribution in [2.45, 2.75) is 37.5 Å². The molecule has 1 aromatic heterocycles. The molecule has 0 unspecified atom stereocenters. The number of piperazine rings is 1. The van der Waals surface area contributed by atoms with Crippen molar-refractivity contribution < 1.29 is 22.3 Å². The number of halogens is 2. The van der Waals surface area contributed by atoms with Crippen LogP contribution >= 0.6 is 11.6 Å². The second-order valence-electron chi connectivity index (χ2n) is 9.90. The van der Waals surface area contributed by atoms with Crippen LogP contribution in [0.5, 0.6) is 5.75 Å². The van der Waals surface area contributed by atoms with Gasteiger partial charge in [0.2, 0.25) is 10.0 Å². The van der Waals surface area contributed by atoms with Gasteiger partial charge in [0.05, 0.1) is 28.9 Å². The molecule has 0 N–H and O–H groups in total. The average Bonchev–Trinajstić information content (AvgIpc) is 3.01. The highest BCUT2D eigenvalue weighted by Gasteiger charge is 2.29. The Balaban J connectivity index is 0.000000417. The minimum atomic E-state index is -3.58. The fourth-order valence-electron chi connectivity index (χ4n) is 4.92. The topological polar surface area (TPSA) is 83.1 Å². The van der Waals surface area contributed by atoms with E-state index in [1.54, 1.807) is 30.2 Å². The number of piperidine rings is 1. The fraction of sp³-hybridized carbons (Fsp3) is 0.400. The number of benzene rings is 2. The highest BCUT2D eigenvalue weighted by molar-refractivity contribution is 7.89. The van der Waals surface area contributed by atoms with E-state index in [-0.39, 0.29) is 21.5 Å². The Kier molecular flexibility index (Phi) is 10.6. The van der Waals surface area contributed by atoms with Crippen molar-refractivity contribution in [1.29, 1.82) is 0 Å². The number of aromatic nitrogens is 1. The van der Waals surface area contributed by atoms with E-state index >= 15 is 0 Å². The van der Waals surface area contributed by atoms with Crippen molar-refractivity contribution in [2.24, 2.45) is 0 Å². The van der Waals surface area contributed by atoms with Crippen LogP contribution in [0.1, 0.15) is 42.2 Å². The lowest BCUT2D eigenvalue weighted by molar-refractivity contribution is 0.0741. The number of carbonyl (C=O) groups excluding carboxylic acids is 1. The molecule has 5 rings (SSSR count). The van der Waals surface area contributed by atoms with Gasteiger partial charge in [-0.3, -0.25) is 4.79 Å². The second-order valence-corrected chi connectivity index (χ2v) is 12.2. The molecular formula is C30H36ClFN4O4S. The molecule has 11 heteroatoms. The SMILES string of the molecule is CCc1ccccc1.COc1ccc(S(=O)(=O)N2CCCCC2)cc1N1CCN(C(=O)c2ncc(F)cc2Cl)CC1. The number of rotatable bonds is 6. The van der Waals surface area contributed by atoms with E-state index in [4.69, 9.17) is 16.3 Å². The number of amides is 1. The highest BCUT2D eigenvalue weighted by atomic mass is 35.5. The summed E-state index contributed by atoms with van der Waals surface area (Å²) in [5.74, 6) is -0.406. The van der Waals surface area contributed by atoms with E-state index in [0.29, 0.717) is 50.7 Å². The maximum Gasteiger partial charge on any atom is 0.274 e. The van der Waals surface area contributed by atoms with Crippen LogP contribution in [0.15, 0.2) is 65.7 Å². The van der Waals surface area contributed by atoms with E-state index in [9.17, 15) is 17.6 Å². The number of aryl methyl sites for hydroxylation is 1. The number of pyridine rings is 1. The highest BCUT2D eigenvalue weighted by Crippen LogP contribution is 2.33. The van der Waals surface area contributed by atoms with Gasteiger partial charge in [-0.2, -0.15) is 4.31 Å². The Morgan fingerprint density at radius 3 is 2.24 bits per heavy atom. The van der Waals surface area contributed by atoms with Gasteiger partial charge in [0, 0.05) is 39.3 Å². The molecule has 2 aliphatic rings. The summed E-state index contributed by atoms with van der Waals surface area (Å²) >= 11 is 5.99. The van der Waals surface area contributed by atoms with Gasteiger partial charge in [0.25, 0.3) is 5.91 Å². The smallest absolute Gasteiger partial charge is 0.274 e. The van der Waals surface area contributed by atoms with Gasteiger partial charge in [-0.1, -0.05) is 55.3 Å². The van der Waals surface area contributed by atoms with Crippen LogP contribution in [0, 0.1) is 5.82 Å². The van der Waals surface area contributed by atoms with Crippen molar-refractivity contribution in [1.82, 2.24) is 14.2 Å². The summed E-state index contributed by atoms with van der Waals surface area (Å²) < 4.78 is 46.6. The number of hydrogen-bond donors (Lipinski definition) is 0. The largest absolute Gasteiger partial charge is 0.495 e. The number of hydrogen-bond acceptors (Lipinski definition) is 6. The molecule has 0 saturated carbocycles. The number of methoxy groups -OCH3 is 1. The van der Waals surface area contributed by atoms with E-state index < -0.39 is 15.8 Å². The van der Waals surface area contributed by atoms with Crippen molar-refractivity contribution in [3.63, 3.8) is 0 Å². The normalized spacial score (nSPS) is 16.1. The first kappa shape index (κ1) is 30.7. The van der Waals surface area contributed by atoms with Gasteiger partial charge < -0.3 is 14.5 Å². The predicted octanol–water partition coefficient (Wildman–Crippen LogP) is 5.27. The van der Waals surface area contributed by atoms with E-state index in [0.717, 1.165) is 37.9 Å². The minimum absolute atomic E-state index is 0.0127. The number of carbonyl (C=O) groups is 1. The summed E-state index contributed by atoms with van der Waals surface area (Å²) in [5.41, 5.74) is 2.09. The first-order chi connectivity index (χ1) is 19.7. The van der Waals surface area contributed by atoms with Gasteiger partial charge in [-0.25, -0.2) is 17.8 Å². The average molecular weight is 603 g/mol. The van der Waals surface area contributed by atoms with Gasteiger partial charge in [-0.15, -0.1) is 0 Å². The van der Waals surface area contributed by atoms with Crippen molar-refractivity contribution in [3.8, 4) is 5.75 Å². The van der Waals surface area contributed by atoms with E-state index in [1.165, 1.54) is 9.87 Å². The van der Waals surface area contributed by atoms with Crippen LogP contribution < -0.4 is 9.64 Å². The number of sulfonamides is 1. The first-order valence-electron chi connectivity index (χ1n) is 13.8. The second kappa shape index (κ2) is 14.1. The Morgan fingerprint density at radius 2 is 1.66 bits per heavy atom. The maximum atomic E-state index is 13.3. The Labute approximate surface area is 246 Å². The summed E-state index contributed by atoms with van der Waals surface area (Å²) in [5, 5.41) is -0.0280. The molecule has 2 fully saturated rings. The summed E-state index contributed by atoms with van der Waals surface area (Å²) in [6.07, 6.45) is 4.88. The summed E-state index contributed by atoms with van der Waals surface area (Å²) in [6.45, 7) is 4.91. The van der Waals surface area contributed by atoms with Gasteiger partial charge >= 0.3 is 0 Å². The lowest BCUT2D eigenvalue weighted by Gasteiger charge is -2.37. The number of anilines is 1. The van der Waals surface area contributed by atoms with Crippen LogP contribution in [0.25, 0.3) is 0 Å². The van der Waals surface area contributed by atoms with Crippen molar-refractivity contribution in [3.05, 3.63) is 82.9 Å². The molecule has 2 aliphatic heterocycles. The van der Waals surface area contributed by atoms with Crippen LogP contribution in [-0.2, 0) is 16.4 Å². The van der Waals surface area contributed by atoms with Crippen LogP contribution in [0.3, 0.4) is 0 Å². The zero-order chi connectivity index (χ0) is 29.4. The van der Waals surface area contributed by atoms with Crippen molar-refractivity contribution >= 4 is 33.2 Å². The molecule has 3 heterocycles. The third-order valence-corrected chi connectivity index (χ3v) is 9.45. The molecule has 1 amide bonds. The van der Waals surface area contributed by atoms with E-state index in [2.05, 4.69) is 36.2 Å². The quantitative estimate of drug-likeness (QED) is 0.382. The summed E-state index contributed by atoms with van der Waals surface area (Å²) in [7, 11) is -2.04. The summed E-state index contributed by atoms with van der Waals surface area (Å²) in [4.78, 5) is 20.5. The molecule has 0 atom stereocenters. The summed E-state index contributed by atoms with van der Waals surface area (Å²) in [6, 6.07) is 16.4. The van der Waals surface area contributed by atoms with Crippen LogP contribution in [0.4, 0.5) is 10.1 Å².